The summed E-state index contributed by atoms with van der Waals surface area (Å²) in [6, 6.07) is 4.90. The normalized spacial score (nSPS) is 9.95. The SMILES string of the molecule is N#Cc1ccsc1NC(=O)COC(=O)c1cc(Cl)sc1Cl. The molecule has 0 saturated heterocycles. The van der Waals surface area contributed by atoms with Gasteiger partial charge in [-0.15, -0.1) is 22.7 Å². The highest BCUT2D eigenvalue weighted by Gasteiger charge is 2.17. The van der Waals surface area contributed by atoms with Crippen molar-refractivity contribution < 1.29 is 14.3 Å². The van der Waals surface area contributed by atoms with E-state index in [2.05, 4.69) is 5.32 Å². The number of nitrogens with zero attached hydrogens (tertiary/aromatic N) is 1. The first-order valence-electron chi connectivity index (χ1n) is 5.40. The molecule has 0 spiro atoms. The van der Waals surface area contributed by atoms with Crippen LogP contribution in [0.4, 0.5) is 5.00 Å². The molecule has 0 fully saturated rings. The summed E-state index contributed by atoms with van der Waals surface area (Å²) in [6.45, 7) is -0.481. The number of carbonyl (C=O) groups is 2. The molecule has 21 heavy (non-hydrogen) atoms. The van der Waals surface area contributed by atoms with Crippen molar-refractivity contribution in [2.45, 2.75) is 0 Å². The van der Waals surface area contributed by atoms with Crippen LogP contribution in [-0.4, -0.2) is 18.5 Å². The number of amides is 1. The Kier molecular flexibility index (Phi) is 5.20. The van der Waals surface area contributed by atoms with Crippen LogP contribution in [0.3, 0.4) is 0 Å². The topological polar surface area (TPSA) is 79.2 Å². The monoisotopic (exact) mass is 360 g/mol. The first kappa shape index (κ1) is 15.8. The van der Waals surface area contributed by atoms with Gasteiger partial charge in [0.05, 0.1) is 15.5 Å². The minimum atomic E-state index is -0.731. The van der Waals surface area contributed by atoms with E-state index in [0.29, 0.717) is 14.9 Å². The van der Waals surface area contributed by atoms with E-state index in [0.717, 1.165) is 11.3 Å². The van der Waals surface area contributed by atoms with E-state index in [4.69, 9.17) is 33.2 Å². The van der Waals surface area contributed by atoms with Gasteiger partial charge in [-0.1, -0.05) is 23.2 Å². The fraction of sp³-hybridized carbons (Fsp3) is 0.0833. The molecule has 0 aliphatic carbocycles. The lowest BCUT2D eigenvalue weighted by atomic mass is 10.3. The highest BCUT2D eigenvalue weighted by atomic mass is 35.5. The molecule has 0 unspecified atom stereocenters. The van der Waals surface area contributed by atoms with Gasteiger partial charge in [-0.05, 0) is 17.5 Å². The third-order valence-corrected chi connectivity index (χ3v) is 4.57. The van der Waals surface area contributed by atoms with Crippen molar-refractivity contribution in [1.29, 1.82) is 5.26 Å². The Labute approximate surface area is 137 Å². The van der Waals surface area contributed by atoms with E-state index >= 15 is 0 Å². The van der Waals surface area contributed by atoms with Gasteiger partial charge >= 0.3 is 5.97 Å². The summed E-state index contributed by atoms with van der Waals surface area (Å²) in [5, 5.41) is 13.4. The van der Waals surface area contributed by atoms with E-state index in [9.17, 15) is 9.59 Å². The zero-order chi connectivity index (χ0) is 15.4. The van der Waals surface area contributed by atoms with Crippen LogP contribution in [0.2, 0.25) is 8.67 Å². The predicted molar refractivity (Wildman–Crippen MR) is 82.3 cm³/mol. The van der Waals surface area contributed by atoms with Gasteiger partial charge in [0.15, 0.2) is 6.61 Å². The van der Waals surface area contributed by atoms with Gasteiger partial charge in [-0.2, -0.15) is 5.26 Å². The average Bonchev–Trinajstić information content (AvgIpc) is 3.02. The van der Waals surface area contributed by atoms with Gasteiger partial charge in [-0.3, -0.25) is 4.79 Å². The number of hydrogen-bond donors (Lipinski definition) is 1. The van der Waals surface area contributed by atoms with Crippen LogP contribution in [0, 0.1) is 11.3 Å². The summed E-state index contributed by atoms with van der Waals surface area (Å²) in [7, 11) is 0. The first-order chi connectivity index (χ1) is 10.0. The van der Waals surface area contributed by atoms with Gasteiger partial charge in [-0.25, -0.2) is 4.79 Å². The van der Waals surface area contributed by atoms with Crippen molar-refractivity contribution in [2.24, 2.45) is 0 Å². The molecule has 2 rings (SSSR count). The summed E-state index contributed by atoms with van der Waals surface area (Å²) in [5.41, 5.74) is 0.473. The second-order valence-corrected chi connectivity index (χ2v) is 6.84. The van der Waals surface area contributed by atoms with Crippen LogP contribution < -0.4 is 5.32 Å². The molecule has 0 aliphatic heterocycles. The van der Waals surface area contributed by atoms with E-state index in [-0.39, 0.29) is 9.90 Å². The summed E-state index contributed by atoms with van der Waals surface area (Å²) >= 11 is 13.8. The number of nitriles is 1. The highest BCUT2D eigenvalue weighted by Crippen LogP contribution is 2.31. The molecule has 1 N–H and O–H groups in total. The molecule has 2 heterocycles. The maximum absolute atomic E-state index is 11.7. The second-order valence-electron chi connectivity index (χ2n) is 3.64. The number of hydrogen-bond acceptors (Lipinski definition) is 6. The van der Waals surface area contributed by atoms with E-state index in [1.165, 1.54) is 17.4 Å². The number of anilines is 1. The molecule has 5 nitrogen and oxygen atoms in total. The van der Waals surface area contributed by atoms with Gasteiger partial charge in [0.25, 0.3) is 5.91 Å². The summed E-state index contributed by atoms with van der Waals surface area (Å²) in [6.07, 6.45) is 0. The minimum Gasteiger partial charge on any atom is -0.452 e. The average molecular weight is 361 g/mol. The molecule has 0 saturated carbocycles. The Morgan fingerprint density at radius 1 is 1.43 bits per heavy atom. The van der Waals surface area contributed by atoms with Crippen LogP contribution >= 0.6 is 45.9 Å². The van der Waals surface area contributed by atoms with Crippen LogP contribution in [-0.2, 0) is 9.53 Å². The number of esters is 1. The second kappa shape index (κ2) is 6.91. The Morgan fingerprint density at radius 3 is 2.81 bits per heavy atom. The summed E-state index contributed by atoms with van der Waals surface area (Å²) < 4.78 is 5.40. The van der Waals surface area contributed by atoms with E-state index < -0.39 is 18.5 Å². The molecular weight excluding hydrogens is 355 g/mol. The number of thiophene rings is 2. The smallest absolute Gasteiger partial charge is 0.341 e. The van der Waals surface area contributed by atoms with Crippen molar-refractivity contribution in [1.82, 2.24) is 0 Å². The minimum absolute atomic E-state index is 0.119. The van der Waals surface area contributed by atoms with Gasteiger partial charge in [0.1, 0.15) is 15.4 Å². The predicted octanol–water partition coefficient (Wildman–Crippen LogP) is 3.78. The largest absolute Gasteiger partial charge is 0.452 e. The number of halogens is 2. The Hall–Kier alpha value is -1.59. The number of ether oxygens (including phenoxy) is 1. The lowest BCUT2D eigenvalue weighted by Crippen LogP contribution is -2.20. The molecule has 0 aliphatic rings. The third kappa shape index (κ3) is 3.95. The lowest BCUT2D eigenvalue weighted by Gasteiger charge is -2.04. The maximum atomic E-state index is 11.7. The van der Waals surface area contributed by atoms with Crippen molar-refractivity contribution in [2.75, 3.05) is 11.9 Å². The van der Waals surface area contributed by atoms with Crippen molar-refractivity contribution >= 4 is 62.8 Å². The molecule has 0 bridgehead atoms. The fourth-order valence-electron chi connectivity index (χ4n) is 1.35. The molecule has 0 radical (unpaired) electrons. The Morgan fingerprint density at radius 2 is 2.19 bits per heavy atom. The molecule has 1 amide bonds. The Balaban J connectivity index is 1.91. The van der Waals surface area contributed by atoms with Crippen LogP contribution in [0.5, 0.6) is 0 Å². The van der Waals surface area contributed by atoms with E-state index in [1.807, 2.05) is 6.07 Å². The van der Waals surface area contributed by atoms with Gasteiger partial charge < -0.3 is 10.1 Å². The molecular formula is C12H6Cl2N2O3S2. The van der Waals surface area contributed by atoms with Crippen molar-refractivity contribution in [3.8, 4) is 6.07 Å². The highest BCUT2D eigenvalue weighted by molar-refractivity contribution is 7.20. The Bertz CT molecular complexity index is 733. The van der Waals surface area contributed by atoms with Gasteiger partial charge in [0.2, 0.25) is 0 Å². The molecule has 0 aromatic carbocycles. The molecule has 108 valence electrons. The lowest BCUT2D eigenvalue weighted by molar-refractivity contribution is -0.119. The zero-order valence-corrected chi connectivity index (χ0v) is 13.3. The van der Waals surface area contributed by atoms with Gasteiger partial charge in [0, 0.05) is 0 Å². The fourth-order valence-corrected chi connectivity index (χ4v) is 3.54. The summed E-state index contributed by atoms with van der Waals surface area (Å²) in [4.78, 5) is 23.4. The standard InChI is InChI=1S/C12H6Cl2N2O3S2/c13-8-3-7(10(14)21-8)12(18)19-5-9(17)16-11-6(4-15)1-2-20-11/h1-3H,5H2,(H,16,17). The number of nitrogens with one attached hydrogen (secondary N) is 1. The van der Waals surface area contributed by atoms with Crippen LogP contribution in [0.1, 0.15) is 15.9 Å². The molecule has 2 aromatic rings. The number of carbonyl (C=O) groups excluding carboxylic acids is 2. The zero-order valence-electron chi connectivity index (χ0n) is 10.2. The van der Waals surface area contributed by atoms with Crippen molar-refractivity contribution in [3.05, 3.63) is 37.3 Å². The number of rotatable bonds is 4. The molecule has 0 atom stereocenters. The molecule has 9 heteroatoms. The first-order valence-corrected chi connectivity index (χ1v) is 7.86. The van der Waals surface area contributed by atoms with Crippen LogP contribution in [0.15, 0.2) is 17.5 Å². The maximum Gasteiger partial charge on any atom is 0.341 e. The quantitative estimate of drug-likeness (QED) is 0.841. The summed E-state index contributed by atoms with van der Waals surface area (Å²) in [5.74, 6) is -1.27. The van der Waals surface area contributed by atoms with Crippen molar-refractivity contribution in [3.63, 3.8) is 0 Å². The van der Waals surface area contributed by atoms with E-state index in [1.54, 1.807) is 11.4 Å². The van der Waals surface area contributed by atoms with Crippen LogP contribution in [0.25, 0.3) is 0 Å². The molecule has 2 aromatic heterocycles. The third-order valence-electron chi connectivity index (χ3n) is 2.25.